The highest BCUT2D eigenvalue weighted by molar-refractivity contribution is 7.99. The van der Waals surface area contributed by atoms with Crippen LogP contribution in [0.1, 0.15) is 11.1 Å². The fourth-order valence-corrected chi connectivity index (χ4v) is 2.61. The van der Waals surface area contributed by atoms with E-state index in [4.69, 9.17) is 5.41 Å². The molecule has 0 aromatic heterocycles. The van der Waals surface area contributed by atoms with E-state index in [0.717, 1.165) is 25.3 Å². The predicted molar refractivity (Wildman–Crippen MR) is 61.4 cm³/mol. The second-order valence-electron chi connectivity index (χ2n) is 3.38. The van der Waals surface area contributed by atoms with Crippen molar-refractivity contribution < 1.29 is 0 Å². The predicted octanol–water partition coefficient (Wildman–Crippen LogP) is 2.07. The van der Waals surface area contributed by atoms with Crippen molar-refractivity contribution in [3.05, 3.63) is 29.3 Å². The molecule has 0 radical (unpaired) electrons. The zero-order valence-corrected chi connectivity index (χ0v) is 8.86. The average Bonchev–Trinajstić information content (AvgIpc) is 2.42. The molecule has 0 saturated heterocycles. The monoisotopic (exact) mass is 206 g/mol. The van der Waals surface area contributed by atoms with Crippen molar-refractivity contribution in [3.8, 4) is 0 Å². The Hall–Kier alpha value is -0.800. The standard InChI is InChI=1S/C11H14N2S/c12-4-3-9-1-2-10-8-13-5-6-14-11(10)7-9/h1-2,4,7,12-13H,3,5-6,8H2. The second-order valence-corrected chi connectivity index (χ2v) is 4.51. The van der Waals surface area contributed by atoms with Crippen LogP contribution in [0, 0.1) is 5.41 Å². The van der Waals surface area contributed by atoms with Crippen LogP contribution in [0.5, 0.6) is 0 Å². The molecule has 3 heteroatoms. The number of benzene rings is 1. The van der Waals surface area contributed by atoms with Crippen molar-refractivity contribution in [2.75, 3.05) is 12.3 Å². The van der Waals surface area contributed by atoms with Crippen molar-refractivity contribution in [1.29, 1.82) is 5.41 Å². The molecule has 1 aromatic rings. The first kappa shape index (κ1) is 9.74. The van der Waals surface area contributed by atoms with Crippen molar-refractivity contribution in [3.63, 3.8) is 0 Å². The van der Waals surface area contributed by atoms with E-state index in [2.05, 4.69) is 23.5 Å². The Morgan fingerprint density at radius 3 is 3.29 bits per heavy atom. The molecule has 2 N–H and O–H groups in total. The van der Waals surface area contributed by atoms with Crippen LogP contribution in [0.3, 0.4) is 0 Å². The summed E-state index contributed by atoms with van der Waals surface area (Å²) in [5.41, 5.74) is 2.63. The van der Waals surface area contributed by atoms with Crippen molar-refractivity contribution in [2.45, 2.75) is 17.9 Å². The molecule has 1 aliphatic heterocycles. The molecule has 1 aliphatic rings. The SMILES string of the molecule is N=CCc1ccc2c(c1)SCCNC2. The number of hydrogen-bond acceptors (Lipinski definition) is 3. The summed E-state index contributed by atoms with van der Waals surface area (Å²) in [6.07, 6.45) is 2.21. The molecular weight excluding hydrogens is 192 g/mol. The summed E-state index contributed by atoms with van der Waals surface area (Å²) in [7, 11) is 0. The van der Waals surface area contributed by atoms with Gasteiger partial charge in [0.2, 0.25) is 0 Å². The third kappa shape index (κ3) is 2.16. The van der Waals surface area contributed by atoms with Gasteiger partial charge in [-0.1, -0.05) is 12.1 Å². The minimum Gasteiger partial charge on any atom is -0.313 e. The number of rotatable bonds is 2. The topological polar surface area (TPSA) is 35.9 Å². The van der Waals surface area contributed by atoms with Crippen LogP contribution < -0.4 is 5.32 Å². The highest BCUT2D eigenvalue weighted by Crippen LogP contribution is 2.25. The lowest BCUT2D eigenvalue weighted by molar-refractivity contribution is 0.732. The Morgan fingerprint density at radius 2 is 2.43 bits per heavy atom. The minimum atomic E-state index is 0.751. The fourth-order valence-electron chi connectivity index (χ4n) is 1.58. The molecule has 2 nitrogen and oxygen atoms in total. The molecular formula is C11H14N2S. The summed E-state index contributed by atoms with van der Waals surface area (Å²) >= 11 is 1.91. The highest BCUT2D eigenvalue weighted by Gasteiger charge is 2.07. The first-order valence-corrected chi connectivity index (χ1v) is 5.83. The first-order chi connectivity index (χ1) is 6.90. The summed E-state index contributed by atoms with van der Waals surface area (Å²) in [5.74, 6) is 1.14. The van der Waals surface area contributed by atoms with Gasteiger partial charge in [-0.3, -0.25) is 0 Å². The normalized spacial score (nSPS) is 15.7. The second kappa shape index (κ2) is 4.62. The Kier molecular flexibility index (Phi) is 3.22. The molecule has 0 saturated carbocycles. The van der Waals surface area contributed by atoms with Gasteiger partial charge in [-0.2, -0.15) is 0 Å². The lowest BCUT2D eigenvalue weighted by Crippen LogP contribution is -2.13. The molecule has 0 amide bonds. The van der Waals surface area contributed by atoms with E-state index in [1.165, 1.54) is 22.2 Å². The van der Waals surface area contributed by atoms with Crippen LogP contribution in [0.4, 0.5) is 0 Å². The maximum atomic E-state index is 7.08. The van der Waals surface area contributed by atoms with E-state index in [1.807, 2.05) is 11.8 Å². The smallest absolute Gasteiger partial charge is 0.0216 e. The third-order valence-corrected chi connectivity index (χ3v) is 3.42. The van der Waals surface area contributed by atoms with Crippen LogP contribution in [-0.4, -0.2) is 18.5 Å². The van der Waals surface area contributed by atoms with Gasteiger partial charge in [-0.25, -0.2) is 0 Å². The molecule has 2 rings (SSSR count). The molecule has 1 heterocycles. The van der Waals surface area contributed by atoms with Gasteiger partial charge in [-0.15, -0.1) is 11.8 Å². The van der Waals surface area contributed by atoms with Gasteiger partial charge in [-0.05, 0) is 23.4 Å². The van der Waals surface area contributed by atoms with E-state index in [0.29, 0.717) is 0 Å². The molecule has 0 unspecified atom stereocenters. The first-order valence-electron chi connectivity index (χ1n) is 4.84. The zero-order valence-electron chi connectivity index (χ0n) is 8.05. The maximum Gasteiger partial charge on any atom is 0.0216 e. The zero-order chi connectivity index (χ0) is 9.80. The lowest BCUT2D eigenvalue weighted by Gasteiger charge is -2.06. The fraction of sp³-hybridized carbons (Fsp3) is 0.364. The maximum absolute atomic E-state index is 7.08. The Bertz CT molecular complexity index is 336. The van der Waals surface area contributed by atoms with Crippen LogP contribution in [0.2, 0.25) is 0 Å². The minimum absolute atomic E-state index is 0.751. The molecule has 0 bridgehead atoms. The third-order valence-electron chi connectivity index (χ3n) is 2.32. The summed E-state index contributed by atoms with van der Waals surface area (Å²) in [6, 6.07) is 6.52. The molecule has 0 atom stereocenters. The van der Waals surface area contributed by atoms with Gasteiger partial charge >= 0.3 is 0 Å². The van der Waals surface area contributed by atoms with Gasteiger partial charge < -0.3 is 10.7 Å². The van der Waals surface area contributed by atoms with E-state index >= 15 is 0 Å². The van der Waals surface area contributed by atoms with Crippen LogP contribution in [-0.2, 0) is 13.0 Å². The van der Waals surface area contributed by atoms with Crippen LogP contribution in [0.25, 0.3) is 0 Å². The average molecular weight is 206 g/mol. The van der Waals surface area contributed by atoms with E-state index in [1.54, 1.807) is 0 Å². The largest absolute Gasteiger partial charge is 0.313 e. The molecule has 14 heavy (non-hydrogen) atoms. The quantitative estimate of drug-likeness (QED) is 0.727. The van der Waals surface area contributed by atoms with Crippen molar-refractivity contribution >= 4 is 18.0 Å². The summed E-state index contributed by atoms with van der Waals surface area (Å²) in [4.78, 5) is 1.38. The van der Waals surface area contributed by atoms with E-state index in [-0.39, 0.29) is 0 Å². The van der Waals surface area contributed by atoms with Gasteiger partial charge in [0.1, 0.15) is 0 Å². The van der Waals surface area contributed by atoms with Gasteiger partial charge in [0.25, 0.3) is 0 Å². The van der Waals surface area contributed by atoms with Crippen molar-refractivity contribution in [2.24, 2.45) is 0 Å². The molecule has 0 fully saturated rings. The van der Waals surface area contributed by atoms with Gasteiger partial charge in [0.15, 0.2) is 0 Å². The van der Waals surface area contributed by atoms with E-state index in [9.17, 15) is 0 Å². The van der Waals surface area contributed by atoms with Gasteiger partial charge in [0.05, 0.1) is 0 Å². The Labute approximate surface area is 88.6 Å². The lowest BCUT2D eigenvalue weighted by atomic mass is 10.1. The van der Waals surface area contributed by atoms with Gasteiger partial charge in [0, 0.05) is 30.2 Å². The van der Waals surface area contributed by atoms with Crippen LogP contribution in [0.15, 0.2) is 23.1 Å². The van der Waals surface area contributed by atoms with E-state index < -0.39 is 0 Å². The Morgan fingerprint density at radius 1 is 1.50 bits per heavy atom. The molecule has 74 valence electrons. The molecule has 1 aromatic carbocycles. The highest BCUT2D eigenvalue weighted by atomic mass is 32.2. The number of thioether (sulfide) groups is 1. The molecule has 0 spiro atoms. The summed E-state index contributed by atoms with van der Waals surface area (Å²) in [5, 5.41) is 10.5. The molecule has 0 aliphatic carbocycles. The number of fused-ring (bicyclic) bond motifs is 1. The van der Waals surface area contributed by atoms with Crippen molar-refractivity contribution in [1.82, 2.24) is 5.32 Å². The Balaban J connectivity index is 2.27. The summed E-state index contributed by atoms with van der Waals surface area (Å²) < 4.78 is 0. The summed E-state index contributed by atoms with van der Waals surface area (Å²) in [6.45, 7) is 2.06. The van der Waals surface area contributed by atoms with Crippen LogP contribution >= 0.6 is 11.8 Å². The number of nitrogens with one attached hydrogen (secondary N) is 2. The number of hydrogen-bond donors (Lipinski definition) is 2.